The maximum atomic E-state index is 11.5. The van der Waals surface area contributed by atoms with E-state index >= 15 is 0 Å². The number of esters is 1. The molecule has 2 rings (SSSR count). The molecule has 1 aromatic carbocycles. The molecule has 5 nitrogen and oxygen atoms in total. The van der Waals surface area contributed by atoms with Crippen LogP contribution in [0.15, 0.2) is 18.2 Å². The molecule has 1 fully saturated rings. The Morgan fingerprint density at radius 1 is 1.19 bits per heavy atom. The summed E-state index contributed by atoms with van der Waals surface area (Å²) < 4.78 is 15.7. The maximum absolute atomic E-state index is 11.5. The van der Waals surface area contributed by atoms with Gasteiger partial charge in [-0.3, -0.25) is 0 Å². The van der Waals surface area contributed by atoms with Crippen LogP contribution in [0.4, 0.5) is 0 Å². The molecule has 0 unspecified atom stereocenters. The highest BCUT2D eigenvalue weighted by atomic mass is 16.5. The average molecular weight is 293 g/mol. The van der Waals surface area contributed by atoms with Gasteiger partial charge >= 0.3 is 5.97 Å². The lowest BCUT2D eigenvalue weighted by atomic mass is 10.2. The van der Waals surface area contributed by atoms with Gasteiger partial charge in [-0.05, 0) is 50.6 Å². The predicted molar refractivity (Wildman–Crippen MR) is 80.1 cm³/mol. The van der Waals surface area contributed by atoms with Gasteiger partial charge in [-0.1, -0.05) is 0 Å². The molecule has 1 aliphatic rings. The van der Waals surface area contributed by atoms with Crippen LogP contribution >= 0.6 is 0 Å². The first-order chi connectivity index (χ1) is 10.2. The maximum Gasteiger partial charge on any atom is 0.337 e. The summed E-state index contributed by atoms with van der Waals surface area (Å²) in [6.45, 7) is 4.13. The van der Waals surface area contributed by atoms with Crippen LogP contribution in [0.25, 0.3) is 0 Å². The van der Waals surface area contributed by atoms with E-state index in [1.54, 1.807) is 25.3 Å². The molecule has 5 heteroatoms. The van der Waals surface area contributed by atoms with Crippen molar-refractivity contribution in [1.82, 2.24) is 4.90 Å². The van der Waals surface area contributed by atoms with Crippen LogP contribution in [-0.2, 0) is 4.74 Å². The zero-order chi connectivity index (χ0) is 15.1. The first kappa shape index (κ1) is 15.6. The number of benzene rings is 1. The van der Waals surface area contributed by atoms with Crippen molar-refractivity contribution in [3.63, 3.8) is 0 Å². The summed E-state index contributed by atoms with van der Waals surface area (Å²) in [6, 6.07) is 5.08. The monoisotopic (exact) mass is 293 g/mol. The largest absolute Gasteiger partial charge is 0.493 e. The fraction of sp³-hybridized carbons (Fsp3) is 0.562. The van der Waals surface area contributed by atoms with Crippen molar-refractivity contribution in [3.8, 4) is 11.5 Å². The minimum atomic E-state index is -0.381. The fourth-order valence-electron chi connectivity index (χ4n) is 2.51. The predicted octanol–water partition coefficient (Wildman–Crippen LogP) is 2.35. The molecule has 0 saturated carbocycles. The lowest BCUT2D eigenvalue weighted by molar-refractivity contribution is 0.0600. The van der Waals surface area contributed by atoms with E-state index in [1.807, 2.05) is 0 Å². The molecule has 0 spiro atoms. The third-order valence-electron chi connectivity index (χ3n) is 3.66. The van der Waals surface area contributed by atoms with Gasteiger partial charge in [0.15, 0.2) is 11.5 Å². The summed E-state index contributed by atoms with van der Waals surface area (Å²) in [7, 11) is 2.92. The van der Waals surface area contributed by atoms with Crippen molar-refractivity contribution in [3.05, 3.63) is 23.8 Å². The standard InChI is InChI=1S/C16H23NO4/c1-19-15-12-13(16(18)20-2)6-7-14(15)21-11-5-10-17-8-3-4-9-17/h6-7,12H,3-5,8-11H2,1-2H3. The third kappa shape index (κ3) is 4.36. The lowest BCUT2D eigenvalue weighted by Crippen LogP contribution is -2.21. The van der Waals surface area contributed by atoms with Crippen molar-refractivity contribution in [2.24, 2.45) is 0 Å². The van der Waals surface area contributed by atoms with E-state index in [9.17, 15) is 4.79 Å². The number of ether oxygens (including phenoxy) is 3. The molecule has 116 valence electrons. The van der Waals surface area contributed by atoms with Gasteiger partial charge in [0.1, 0.15) is 0 Å². The van der Waals surface area contributed by atoms with Gasteiger partial charge in [-0.25, -0.2) is 4.79 Å². The minimum Gasteiger partial charge on any atom is -0.493 e. The van der Waals surface area contributed by atoms with E-state index < -0.39 is 0 Å². The molecule has 1 aliphatic heterocycles. The summed E-state index contributed by atoms with van der Waals surface area (Å²) >= 11 is 0. The van der Waals surface area contributed by atoms with Crippen LogP contribution in [0.2, 0.25) is 0 Å². The summed E-state index contributed by atoms with van der Waals surface area (Å²) in [5.74, 6) is 0.833. The Hall–Kier alpha value is -1.75. The molecule has 0 aliphatic carbocycles. The SMILES string of the molecule is COC(=O)c1ccc(OCCCN2CCCC2)c(OC)c1. The van der Waals surface area contributed by atoms with Crippen molar-refractivity contribution in [1.29, 1.82) is 0 Å². The molecule has 0 radical (unpaired) electrons. The number of likely N-dealkylation sites (tertiary alicyclic amines) is 1. The number of methoxy groups -OCH3 is 2. The van der Waals surface area contributed by atoms with Gasteiger partial charge in [0.25, 0.3) is 0 Å². The van der Waals surface area contributed by atoms with Crippen molar-refractivity contribution in [2.75, 3.05) is 40.5 Å². The lowest BCUT2D eigenvalue weighted by Gasteiger charge is -2.15. The third-order valence-corrected chi connectivity index (χ3v) is 3.66. The summed E-state index contributed by atoms with van der Waals surface area (Å²) in [6.07, 6.45) is 3.61. The van der Waals surface area contributed by atoms with Crippen molar-refractivity contribution >= 4 is 5.97 Å². The topological polar surface area (TPSA) is 48.0 Å². The second-order valence-electron chi connectivity index (χ2n) is 5.11. The molecule has 1 heterocycles. The van der Waals surface area contributed by atoms with Crippen LogP contribution in [0, 0.1) is 0 Å². The van der Waals surface area contributed by atoms with Crippen LogP contribution < -0.4 is 9.47 Å². The van der Waals surface area contributed by atoms with E-state index in [0.717, 1.165) is 13.0 Å². The fourth-order valence-corrected chi connectivity index (χ4v) is 2.51. The van der Waals surface area contributed by atoms with Crippen molar-refractivity contribution in [2.45, 2.75) is 19.3 Å². The van der Waals surface area contributed by atoms with Crippen LogP contribution in [-0.4, -0.2) is 51.3 Å². The van der Waals surface area contributed by atoms with Crippen LogP contribution in [0.3, 0.4) is 0 Å². The normalized spacial score (nSPS) is 15.0. The zero-order valence-electron chi connectivity index (χ0n) is 12.8. The van der Waals surface area contributed by atoms with E-state index in [4.69, 9.17) is 14.2 Å². The van der Waals surface area contributed by atoms with E-state index in [0.29, 0.717) is 23.7 Å². The number of rotatable bonds is 7. The number of carbonyl (C=O) groups is 1. The molecule has 0 aromatic heterocycles. The first-order valence-corrected chi connectivity index (χ1v) is 7.36. The van der Waals surface area contributed by atoms with Crippen molar-refractivity contribution < 1.29 is 19.0 Å². The summed E-state index contributed by atoms with van der Waals surface area (Å²) in [4.78, 5) is 13.9. The summed E-state index contributed by atoms with van der Waals surface area (Å²) in [5.41, 5.74) is 0.457. The van der Waals surface area contributed by atoms with Gasteiger partial charge in [-0.2, -0.15) is 0 Å². The molecule has 1 aromatic rings. The van der Waals surface area contributed by atoms with Gasteiger partial charge in [0, 0.05) is 6.54 Å². The Morgan fingerprint density at radius 3 is 2.62 bits per heavy atom. The highest BCUT2D eigenvalue weighted by Crippen LogP contribution is 2.28. The smallest absolute Gasteiger partial charge is 0.337 e. The molecular weight excluding hydrogens is 270 g/mol. The number of hydrogen-bond acceptors (Lipinski definition) is 5. The quantitative estimate of drug-likeness (QED) is 0.570. The molecule has 0 atom stereocenters. The molecular formula is C16H23NO4. The van der Waals surface area contributed by atoms with Gasteiger partial charge in [0.05, 0.1) is 26.4 Å². The highest BCUT2D eigenvalue weighted by Gasteiger charge is 2.13. The molecule has 1 saturated heterocycles. The van der Waals surface area contributed by atoms with Gasteiger partial charge in [-0.15, -0.1) is 0 Å². The van der Waals surface area contributed by atoms with Crippen LogP contribution in [0.1, 0.15) is 29.6 Å². The Labute approximate surface area is 125 Å². The van der Waals surface area contributed by atoms with E-state index in [1.165, 1.54) is 33.0 Å². The Balaban J connectivity index is 1.85. The minimum absolute atomic E-state index is 0.381. The Bertz CT molecular complexity index is 469. The highest BCUT2D eigenvalue weighted by molar-refractivity contribution is 5.90. The first-order valence-electron chi connectivity index (χ1n) is 7.36. The number of hydrogen-bond donors (Lipinski definition) is 0. The average Bonchev–Trinajstić information content (AvgIpc) is 3.04. The molecule has 0 bridgehead atoms. The second-order valence-corrected chi connectivity index (χ2v) is 5.11. The van der Waals surface area contributed by atoms with Gasteiger partial charge in [0.2, 0.25) is 0 Å². The zero-order valence-corrected chi connectivity index (χ0v) is 12.8. The molecule has 0 N–H and O–H groups in total. The second kappa shape index (κ2) is 7.88. The Kier molecular flexibility index (Phi) is 5.87. The molecule has 21 heavy (non-hydrogen) atoms. The van der Waals surface area contributed by atoms with E-state index in [-0.39, 0.29) is 5.97 Å². The van der Waals surface area contributed by atoms with Gasteiger partial charge < -0.3 is 19.1 Å². The van der Waals surface area contributed by atoms with E-state index in [2.05, 4.69) is 4.90 Å². The molecule has 0 amide bonds. The number of carbonyl (C=O) groups excluding carboxylic acids is 1. The summed E-state index contributed by atoms with van der Waals surface area (Å²) in [5, 5.41) is 0. The van der Waals surface area contributed by atoms with Crippen LogP contribution in [0.5, 0.6) is 11.5 Å². The number of nitrogens with zero attached hydrogens (tertiary/aromatic N) is 1. The Morgan fingerprint density at radius 2 is 1.95 bits per heavy atom.